The van der Waals surface area contributed by atoms with Gasteiger partial charge in [-0.2, -0.15) is 10.1 Å². The number of anilines is 1. The summed E-state index contributed by atoms with van der Waals surface area (Å²) in [6, 6.07) is 10.3. The van der Waals surface area contributed by atoms with E-state index in [2.05, 4.69) is 42.0 Å². The van der Waals surface area contributed by atoms with E-state index in [1.807, 2.05) is 30.2 Å². The van der Waals surface area contributed by atoms with Crippen LogP contribution in [-0.2, 0) is 4.74 Å². The fourth-order valence-corrected chi connectivity index (χ4v) is 6.14. The average molecular weight is 518 g/mol. The number of fused-ring (bicyclic) bond motifs is 1. The molecule has 2 aliphatic rings. The van der Waals surface area contributed by atoms with Crippen molar-refractivity contribution in [2.75, 3.05) is 64.4 Å². The molecule has 6 rings (SSSR count). The van der Waals surface area contributed by atoms with Crippen LogP contribution in [0.3, 0.4) is 0 Å². The molecule has 9 nitrogen and oxygen atoms in total. The lowest BCUT2D eigenvalue weighted by Crippen LogP contribution is -2.47. The van der Waals surface area contributed by atoms with Crippen molar-refractivity contribution in [3.8, 4) is 17.2 Å². The lowest BCUT2D eigenvalue weighted by Gasteiger charge is -2.32. The molecule has 4 aromatic rings. The second-order valence-electron chi connectivity index (χ2n) is 9.79. The van der Waals surface area contributed by atoms with Gasteiger partial charge in [-0.05, 0) is 38.6 Å². The van der Waals surface area contributed by atoms with E-state index >= 15 is 0 Å². The van der Waals surface area contributed by atoms with Crippen LogP contribution >= 0.6 is 11.3 Å². The van der Waals surface area contributed by atoms with Crippen LogP contribution in [-0.4, -0.2) is 95.0 Å². The molecule has 0 saturated carbocycles. The molecule has 0 aliphatic carbocycles. The van der Waals surface area contributed by atoms with Gasteiger partial charge >= 0.3 is 0 Å². The Hall–Kier alpha value is -3.34. The number of nitrogens with zero attached hydrogens (tertiary/aromatic N) is 7. The van der Waals surface area contributed by atoms with E-state index in [1.165, 1.54) is 16.9 Å². The summed E-state index contributed by atoms with van der Waals surface area (Å²) < 4.78 is 8.29. The number of carbonyl (C=O) groups is 1. The van der Waals surface area contributed by atoms with Crippen molar-refractivity contribution < 1.29 is 9.53 Å². The van der Waals surface area contributed by atoms with E-state index < -0.39 is 0 Å². The van der Waals surface area contributed by atoms with Gasteiger partial charge in [0.1, 0.15) is 0 Å². The standard InChI is InChI=1S/C27H31N7O2S/c1-18-5-4-6-20(17-18)21-7-8-34(30-21)27-28-22-19(2)23(26(35)33-11-9-31(3)10-12-33)37-24(22)25(29-27)32-13-15-36-16-14-32/h4-8,17H,9-16H2,1-3H3. The normalized spacial score (nSPS) is 17.1. The molecule has 0 unspecified atom stereocenters. The van der Waals surface area contributed by atoms with Crippen molar-refractivity contribution in [2.24, 2.45) is 0 Å². The molecule has 0 atom stereocenters. The molecule has 10 heteroatoms. The maximum Gasteiger partial charge on any atom is 0.264 e. The smallest absolute Gasteiger partial charge is 0.264 e. The summed E-state index contributed by atoms with van der Waals surface area (Å²) in [6.07, 6.45) is 1.90. The summed E-state index contributed by atoms with van der Waals surface area (Å²) in [5.41, 5.74) is 4.84. The summed E-state index contributed by atoms with van der Waals surface area (Å²) in [5.74, 6) is 1.44. The fourth-order valence-electron chi connectivity index (χ4n) is 4.90. The molecular formula is C27H31N7O2S. The molecule has 2 saturated heterocycles. The Balaban J connectivity index is 1.43. The molecule has 2 aliphatic heterocycles. The number of hydrogen-bond acceptors (Lipinski definition) is 8. The highest BCUT2D eigenvalue weighted by atomic mass is 32.1. The number of aromatic nitrogens is 4. The molecule has 2 fully saturated rings. The maximum absolute atomic E-state index is 13.5. The van der Waals surface area contributed by atoms with Crippen molar-refractivity contribution in [1.29, 1.82) is 0 Å². The molecule has 0 spiro atoms. The molecule has 3 aromatic heterocycles. The SMILES string of the molecule is Cc1cccc(-c2ccn(-c3nc(N4CCOCC4)c4sc(C(=O)N5CCN(C)CC5)c(C)c4n3)n2)c1. The van der Waals surface area contributed by atoms with Crippen molar-refractivity contribution >= 4 is 33.3 Å². The van der Waals surface area contributed by atoms with Crippen LogP contribution in [0.4, 0.5) is 5.82 Å². The molecule has 5 heterocycles. The number of likely N-dealkylation sites (N-methyl/N-ethyl adjacent to an activating group) is 1. The Morgan fingerprint density at radius 2 is 1.78 bits per heavy atom. The number of rotatable bonds is 4. The zero-order valence-corrected chi connectivity index (χ0v) is 22.3. The first-order valence-corrected chi connectivity index (χ1v) is 13.5. The second kappa shape index (κ2) is 9.85. The molecule has 1 aromatic carbocycles. The third-order valence-electron chi connectivity index (χ3n) is 7.14. The zero-order valence-electron chi connectivity index (χ0n) is 21.5. The lowest BCUT2D eigenvalue weighted by molar-refractivity contribution is 0.0668. The molecule has 0 N–H and O–H groups in total. The van der Waals surface area contributed by atoms with E-state index in [0.717, 1.165) is 77.0 Å². The van der Waals surface area contributed by atoms with Gasteiger partial charge in [-0.1, -0.05) is 23.8 Å². The van der Waals surface area contributed by atoms with E-state index in [9.17, 15) is 4.79 Å². The molecular weight excluding hydrogens is 486 g/mol. The maximum atomic E-state index is 13.5. The van der Waals surface area contributed by atoms with Crippen molar-refractivity contribution in [3.63, 3.8) is 0 Å². The number of ether oxygens (including phenoxy) is 1. The third-order valence-corrected chi connectivity index (χ3v) is 8.40. The monoisotopic (exact) mass is 517 g/mol. The van der Waals surface area contributed by atoms with Crippen LogP contribution in [0.1, 0.15) is 20.8 Å². The van der Waals surface area contributed by atoms with Crippen molar-refractivity contribution in [3.05, 3.63) is 52.5 Å². The number of aryl methyl sites for hydroxylation is 2. The third kappa shape index (κ3) is 4.60. The Morgan fingerprint density at radius 3 is 2.54 bits per heavy atom. The predicted molar refractivity (Wildman–Crippen MR) is 146 cm³/mol. The summed E-state index contributed by atoms with van der Waals surface area (Å²) in [5, 5.41) is 4.81. The van der Waals surface area contributed by atoms with E-state index in [4.69, 9.17) is 19.8 Å². The summed E-state index contributed by atoms with van der Waals surface area (Å²) in [6.45, 7) is 10.1. The summed E-state index contributed by atoms with van der Waals surface area (Å²) >= 11 is 1.51. The minimum Gasteiger partial charge on any atom is -0.378 e. The summed E-state index contributed by atoms with van der Waals surface area (Å²) in [4.78, 5) is 30.7. The van der Waals surface area contributed by atoms with E-state index in [-0.39, 0.29) is 5.91 Å². The molecule has 0 bridgehead atoms. The number of thiophene rings is 1. The highest BCUT2D eigenvalue weighted by molar-refractivity contribution is 7.21. The van der Waals surface area contributed by atoms with Crippen LogP contribution in [0.15, 0.2) is 36.5 Å². The van der Waals surface area contributed by atoms with Gasteiger partial charge in [-0.25, -0.2) is 9.67 Å². The number of benzene rings is 1. The van der Waals surface area contributed by atoms with Crippen LogP contribution < -0.4 is 4.90 Å². The van der Waals surface area contributed by atoms with Gasteiger partial charge in [0.05, 0.1) is 34.0 Å². The zero-order chi connectivity index (χ0) is 25.5. The first kappa shape index (κ1) is 24.0. The first-order chi connectivity index (χ1) is 18.0. The molecule has 0 radical (unpaired) electrons. The van der Waals surface area contributed by atoms with Gasteiger partial charge in [-0.3, -0.25) is 4.79 Å². The molecule has 37 heavy (non-hydrogen) atoms. The van der Waals surface area contributed by atoms with Gasteiger partial charge in [0.25, 0.3) is 11.9 Å². The highest BCUT2D eigenvalue weighted by Gasteiger charge is 2.28. The molecule has 192 valence electrons. The highest BCUT2D eigenvalue weighted by Crippen LogP contribution is 2.37. The van der Waals surface area contributed by atoms with Gasteiger partial charge in [-0.15, -0.1) is 11.3 Å². The number of hydrogen-bond donors (Lipinski definition) is 0. The number of morpholine rings is 1. The Morgan fingerprint density at radius 1 is 1.00 bits per heavy atom. The van der Waals surface area contributed by atoms with Crippen molar-refractivity contribution in [1.82, 2.24) is 29.5 Å². The summed E-state index contributed by atoms with van der Waals surface area (Å²) in [7, 11) is 2.10. The van der Waals surface area contributed by atoms with E-state index in [0.29, 0.717) is 19.2 Å². The van der Waals surface area contributed by atoms with Gasteiger partial charge in [0.2, 0.25) is 0 Å². The molecule has 1 amide bonds. The Labute approximate surface area is 220 Å². The minimum absolute atomic E-state index is 0.0869. The first-order valence-electron chi connectivity index (χ1n) is 12.7. The van der Waals surface area contributed by atoms with E-state index in [1.54, 1.807) is 4.68 Å². The van der Waals surface area contributed by atoms with Gasteiger partial charge < -0.3 is 19.4 Å². The predicted octanol–water partition coefficient (Wildman–Crippen LogP) is 3.39. The quantitative estimate of drug-likeness (QED) is 0.411. The average Bonchev–Trinajstić information content (AvgIpc) is 3.54. The fraction of sp³-hybridized carbons (Fsp3) is 0.407. The Bertz CT molecular complexity index is 1450. The second-order valence-corrected chi connectivity index (χ2v) is 10.8. The topological polar surface area (TPSA) is 79.6 Å². The van der Waals surface area contributed by atoms with Gasteiger partial charge in [0, 0.05) is 51.0 Å². The minimum atomic E-state index is 0.0869. The Kier molecular flexibility index (Phi) is 6.39. The lowest BCUT2D eigenvalue weighted by atomic mass is 10.1. The largest absolute Gasteiger partial charge is 0.378 e. The van der Waals surface area contributed by atoms with Crippen LogP contribution in [0.2, 0.25) is 0 Å². The number of carbonyl (C=O) groups excluding carboxylic acids is 1. The van der Waals surface area contributed by atoms with Crippen molar-refractivity contribution in [2.45, 2.75) is 13.8 Å². The number of amides is 1. The van der Waals surface area contributed by atoms with Crippen LogP contribution in [0.5, 0.6) is 0 Å². The van der Waals surface area contributed by atoms with Crippen LogP contribution in [0, 0.1) is 13.8 Å². The van der Waals surface area contributed by atoms with Crippen LogP contribution in [0.25, 0.3) is 27.4 Å². The number of piperazine rings is 1. The van der Waals surface area contributed by atoms with Gasteiger partial charge in [0.15, 0.2) is 5.82 Å².